The largest absolute Gasteiger partial charge is 0.385 e. The number of benzene rings is 3. The maximum Gasteiger partial charge on any atom is 0.0920 e. The van der Waals surface area contributed by atoms with Crippen LogP contribution in [0.1, 0.15) is 82.9 Å². The van der Waals surface area contributed by atoms with E-state index in [0.717, 1.165) is 57.4 Å². The molecule has 2 N–H and O–H groups in total. The third-order valence-corrected chi connectivity index (χ3v) is 8.03. The molecule has 0 atom stereocenters. The molecule has 0 bridgehead atoms. The molecular weight excluding hydrogens is 500 g/mol. The van der Waals surface area contributed by atoms with E-state index in [-0.39, 0.29) is 5.41 Å². The summed E-state index contributed by atoms with van der Waals surface area (Å²) in [5, 5.41) is 15.4. The summed E-state index contributed by atoms with van der Waals surface area (Å²) in [6.07, 6.45) is 6.33. The van der Waals surface area contributed by atoms with Crippen LogP contribution in [-0.2, 0) is 11.0 Å². The lowest BCUT2D eigenvalue weighted by atomic mass is 9.71. The number of aliphatic hydroxyl groups is 1. The predicted molar refractivity (Wildman–Crippen MR) is 170 cm³/mol. The maximum absolute atomic E-state index is 11.2. The normalized spacial score (nSPS) is 14.9. The number of likely N-dealkylation sites (tertiary alicyclic amines) is 1. The number of likely N-dealkylation sites (N-methyl/N-ethyl adjacent to an activating group) is 1. The van der Waals surface area contributed by atoms with Crippen molar-refractivity contribution in [2.75, 3.05) is 33.2 Å². The zero-order valence-corrected chi connectivity index (χ0v) is 25.7. The van der Waals surface area contributed by atoms with Gasteiger partial charge in [0.1, 0.15) is 0 Å². The van der Waals surface area contributed by atoms with Crippen LogP contribution in [-0.4, -0.2) is 43.2 Å². The minimum absolute atomic E-state index is 0.0584. The molecule has 1 fully saturated rings. The zero-order chi connectivity index (χ0) is 28.6. The number of rotatable bonds is 10. The number of nitrogens with zero attached hydrogens (tertiary/aromatic N) is 1. The third kappa shape index (κ3) is 9.46. The van der Waals surface area contributed by atoms with Gasteiger partial charge in [0, 0.05) is 30.1 Å². The minimum atomic E-state index is -0.745. The van der Waals surface area contributed by atoms with Gasteiger partial charge in [-0.2, -0.15) is 0 Å². The average Bonchev–Trinajstić information content (AvgIpc) is 3.00. The summed E-state index contributed by atoms with van der Waals surface area (Å²) in [4.78, 5) is 2.50. The summed E-state index contributed by atoms with van der Waals surface area (Å²) in [6, 6.07) is 29.5. The Labute approximate surface area is 243 Å². The summed E-state index contributed by atoms with van der Waals surface area (Å²) in [7, 11) is 2.04. The third-order valence-electron chi connectivity index (χ3n) is 7.77. The Hall–Kier alpha value is -2.17. The molecule has 0 saturated carbocycles. The number of nitrogens with one attached hydrogen (secondary N) is 1. The van der Waals surface area contributed by atoms with Crippen molar-refractivity contribution in [3.05, 3.63) is 107 Å². The van der Waals surface area contributed by atoms with Gasteiger partial charge in [0.15, 0.2) is 0 Å². The van der Waals surface area contributed by atoms with Gasteiger partial charge in [-0.25, -0.2) is 0 Å². The molecule has 214 valence electrons. The van der Waals surface area contributed by atoms with Gasteiger partial charge in [0.2, 0.25) is 0 Å². The van der Waals surface area contributed by atoms with Gasteiger partial charge in [0.05, 0.1) is 5.60 Å². The SMILES string of the molecule is CC.CCCC.CNCC(CCCN1CCC(O)(c2ccc(Cl)cc2)CC1)(c1ccccc1)c1ccccc1. The first-order valence-electron chi connectivity index (χ1n) is 14.9. The van der Waals surface area contributed by atoms with Gasteiger partial charge in [-0.1, -0.05) is 125 Å². The Balaban J connectivity index is 0.000000815. The van der Waals surface area contributed by atoms with Crippen molar-refractivity contribution >= 4 is 11.6 Å². The highest BCUT2D eigenvalue weighted by molar-refractivity contribution is 6.30. The Morgan fingerprint density at radius 2 is 1.31 bits per heavy atom. The van der Waals surface area contributed by atoms with Crippen LogP contribution >= 0.6 is 11.6 Å². The molecule has 3 nitrogen and oxygen atoms in total. The standard InChI is InChI=1S/C29H35ClN2O.C4H10.C2H6/c1-31-23-28(24-9-4-2-5-10-24,25-11-6-3-7-12-25)17-8-20-32-21-18-29(33,19-22-32)26-13-15-27(30)16-14-26;1-3-4-2;1-2/h2-7,9-16,31,33H,8,17-23H2,1H3;3-4H2,1-2H3;1-2H3. The number of unbranched alkanes of at least 4 members (excludes halogenated alkanes) is 1. The van der Waals surface area contributed by atoms with E-state index in [0.29, 0.717) is 5.02 Å². The second kappa shape index (κ2) is 17.5. The number of hydrogen-bond acceptors (Lipinski definition) is 3. The Bertz CT molecular complexity index is 974. The second-order valence-corrected chi connectivity index (χ2v) is 10.8. The summed E-state index contributed by atoms with van der Waals surface area (Å²) in [5.41, 5.74) is 2.90. The molecule has 0 amide bonds. The summed E-state index contributed by atoms with van der Waals surface area (Å²) in [5.74, 6) is 0. The van der Waals surface area contributed by atoms with Crippen molar-refractivity contribution in [2.24, 2.45) is 0 Å². The van der Waals surface area contributed by atoms with Gasteiger partial charge >= 0.3 is 0 Å². The highest BCUT2D eigenvalue weighted by atomic mass is 35.5. The van der Waals surface area contributed by atoms with Crippen molar-refractivity contribution in [3.63, 3.8) is 0 Å². The van der Waals surface area contributed by atoms with E-state index < -0.39 is 5.60 Å². The molecule has 4 heteroatoms. The van der Waals surface area contributed by atoms with Crippen molar-refractivity contribution in [3.8, 4) is 0 Å². The Morgan fingerprint density at radius 1 is 0.821 bits per heavy atom. The first kappa shape index (κ1) is 33.0. The van der Waals surface area contributed by atoms with E-state index in [2.05, 4.69) is 84.7 Å². The smallest absolute Gasteiger partial charge is 0.0920 e. The van der Waals surface area contributed by atoms with E-state index >= 15 is 0 Å². The minimum Gasteiger partial charge on any atom is -0.385 e. The first-order chi connectivity index (χ1) is 19.0. The van der Waals surface area contributed by atoms with Gasteiger partial charge in [0.25, 0.3) is 0 Å². The van der Waals surface area contributed by atoms with Crippen LogP contribution in [0.5, 0.6) is 0 Å². The molecule has 3 aromatic carbocycles. The van der Waals surface area contributed by atoms with E-state index in [4.69, 9.17) is 11.6 Å². The first-order valence-corrected chi connectivity index (χ1v) is 15.3. The molecular formula is C35H51ClN2O. The number of halogens is 1. The van der Waals surface area contributed by atoms with Crippen LogP contribution < -0.4 is 5.32 Å². The highest BCUT2D eigenvalue weighted by Crippen LogP contribution is 2.37. The lowest BCUT2D eigenvalue weighted by Crippen LogP contribution is -2.43. The fourth-order valence-corrected chi connectivity index (χ4v) is 5.49. The van der Waals surface area contributed by atoms with Crippen molar-refractivity contribution < 1.29 is 5.11 Å². The van der Waals surface area contributed by atoms with Gasteiger partial charge in [-0.3, -0.25) is 0 Å². The number of hydrogen-bond donors (Lipinski definition) is 2. The van der Waals surface area contributed by atoms with Gasteiger partial charge in [-0.05, 0) is 68.1 Å². The van der Waals surface area contributed by atoms with Gasteiger partial charge < -0.3 is 15.3 Å². The van der Waals surface area contributed by atoms with Crippen molar-refractivity contribution in [2.45, 2.75) is 77.2 Å². The second-order valence-electron chi connectivity index (χ2n) is 10.3. The summed E-state index contributed by atoms with van der Waals surface area (Å²) in [6.45, 7) is 12.1. The summed E-state index contributed by atoms with van der Waals surface area (Å²) >= 11 is 6.03. The van der Waals surface area contributed by atoms with E-state index in [9.17, 15) is 5.11 Å². The molecule has 1 saturated heterocycles. The lowest BCUT2D eigenvalue weighted by Gasteiger charge is -2.40. The Kier molecular flexibility index (Phi) is 14.8. The monoisotopic (exact) mass is 550 g/mol. The average molecular weight is 551 g/mol. The van der Waals surface area contributed by atoms with Crippen LogP contribution in [0.2, 0.25) is 5.02 Å². The molecule has 1 aliphatic rings. The molecule has 0 aromatic heterocycles. The van der Waals surface area contributed by atoms with Crippen LogP contribution in [0, 0.1) is 0 Å². The molecule has 0 aliphatic carbocycles. The predicted octanol–water partition coefficient (Wildman–Crippen LogP) is 8.44. The van der Waals surface area contributed by atoms with E-state index in [1.807, 2.05) is 45.2 Å². The molecule has 3 aromatic rings. The molecule has 0 unspecified atom stereocenters. The van der Waals surface area contributed by atoms with Crippen LogP contribution in [0.4, 0.5) is 0 Å². The molecule has 4 rings (SSSR count). The van der Waals surface area contributed by atoms with E-state index in [1.54, 1.807) is 0 Å². The highest BCUT2D eigenvalue weighted by Gasteiger charge is 2.35. The van der Waals surface area contributed by atoms with Crippen molar-refractivity contribution in [1.82, 2.24) is 10.2 Å². The molecule has 1 heterocycles. The van der Waals surface area contributed by atoms with E-state index in [1.165, 1.54) is 24.0 Å². The maximum atomic E-state index is 11.2. The topological polar surface area (TPSA) is 35.5 Å². The van der Waals surface area contributed by atoms with Crippen LogP contribution in [0.3, 0.4) is 0 Å². The van der Waals surface area contributed by atoms with Crippen LogP contribution in [0.25, 0.3) is 0 Å². The van der Waals surface area contributed by atoms with Crippen molar-refractivity contribution in [1.29, 1.82) is 0 Å². The van der Waals surface area contributed by atoms with Gasteiger partial charge in [-0.15, -0.1) is 0 Å². The quantitative estimate of drug-likeness (QED) is 0.266. The number of piperidine rings is 1. The summed E-state index contributed by atoms with van der Waals surface area (Å²) < 4.78 is 0. The lowest BCUT2D eigenvalue weighted by molar-refractivity contribution is -0.0262. The molecule has 0 radical (unpaired) electrons. The zero-order valence-electron chi connectivity index (χ0n) is 24.9. The fraction of sp³-hybridized carbons (Fsp3) is 0.486. The molecule has 0 spiro atoms. The fourth-order valence-electron chi connectivity index (χ4n) is 5.36. The molecule has 1 aliphatic heterocycles. The molecule has 39 heavy (non-hydrogen) atoms. The van der Waals surface area contributed by atoms with Crippen LogP contribution in [0.15, 0.2) is 84.9 Å². The Morgan fingerprint density at radius 3 is 1.74 bits per heavy atom.